The summed E-state index contributed by atoms with van der Waals surface area (Å²) in [6.45, 7) is 3.04. The highest BCUT2D eigenvalue weighted by Crippen LogP contribution is 2.43. The van der Waals surface area contributed by atoms with Crippen molar-refractivity contribution in [2.45, 2.75) is 51.2 Å². The van der Waals surface area contributed by atoms with Gasteiger partial charge in [-0.15, -0.1) is 0 Å². The third-order valence-electron chi connectivity index (χ3n) is 4.31. The Labute approximate surface area is 121 Å². The number of hydrogen-bond donors (Lipinski definition) is 0. The molecule has 0 aliphatic heterocycles. The second kappa shape index (κ2) is 5.28. The van der Waals surface area contributed by atoms with Crippen LogP contribution in [0, 0.1) is 0 Å². The Bertz CT molecular complexity index is 590. The third kappa shape index (κ3) is 2.12. The molecule has 19 heavy (non-hydrogen) atoms. The molecular formula is C16H19BrFN. The quantitative estimate of drug-likeness (QED) is 0.695. The highest BCUT2D eigenvalue weighted by Gasteiger charge is 2.31. The molecular weight excluding hydrogens is 305 g/mol. The summed E-state index contributed by atoms with van der Waals surface area (Å²) in [6.07, 6.45) is 3.16. The van der Waals surface area contributed by atoms with Gasteiger partial charge in [-0.05, 0) is 47.3 Å². The Balaban J connectivity index is 2.19. The minimum Gasteiger partial charge on any atom is -0.335 e. The second-order valence-corrected chi connectivity index (χ2v) is 6.12. The van der Waals surface area contributed by atoms with Gasteiger partial charge in [-0.25, -0.2) is 4.39 Å². The average molecular weight is 324 g/mol. The number of alkyl halides is 1. The Kier molecular flexibility index (Phi) is 3.66. The van der Waals surface area contributed by atoms with Crippen molar-refractivity contribution >= 4 is 26.8 Å². The summed E-state index contributed by atoms with van der Waals surface area (Å²) in [7, 11) is 0. The van der Waals surface area contributed by atoms with Crippen molar-refractivity contribution in [3.05, 3.63) is 34.4 Å². The van der Waals surface area contributed by atoms with Crippen molar-refractivity contribution in [2.24, 2.45) is 0 Å². The van der Waals surface area contributed by atoms with Crippen molar-refractivity contribution in [1.82, 2.24) is 4.57 Å². The lowest BCUT2D eigenvalue weighted by Crippen LogP contribution is -2.18. The minimum atomic E-state index is -0.693. The van der Waals surface area contributed by atoms with Crippen molar-refractivity contribution in [3.63, 3.8) is 0 Å². The van der Waals surface area contributed by atoms with Crippen LogP contribution in [-0.2, 0) is 6.54 Å². The number of para-hydroxylation sites is 1. The Morgan fingerprint density at radius 2 is 2.00 bits per heavy atom. The van der Waals surface area contributed by atoms with Gasteiger partial charge in [0.1, 0.15) is 6.17 Å². The summed E-state index contributed by atoms with van der Waals surface area (Å²) in [5.41, 5.74) is 2.40. The number of fused-ring (bicyclic) bond motifs is 1. The van der Waals surface area contributed by atoms with Crippen LogP contribution in [0.15, 0.2) is 28.9 Å². The molecule has 1 aromatic carbocycles. The standard InChI is InChI=1S/C16H19BrFN/c1-2-19-14-10-6-4-8-12(14)15(16(19)17)11-7-3-5-9-13(11)18/h4,6,8,10-11,13H,2-3,5,7,9H2,1H3. The van der Waals surface area contributed by atoms with Crippen molar-refractivity contribution < 1.29 is 4.39 Å². The zero-order chi connectivity index (χ0) is 13.4. The Morgan fingerprint density at radius 3 is 2.74 bits per heavy atom. The molecule has 1 fully saturated rings. The van der Waals surface area contributed by atoms with Crippen LogP contribution in [0.3, 0.4) is 0 Å². The van der Waals surface area contributed by atoms with Crippen molar-refractivity contribution in [1.29, 1.82) is 0 Å². The normalized spacial score (nSPS) is 23.9. The van der Waals surface area contributed by atoms with Crippen LogP contribution in [0.2, 0.25) is 0 Å². The highest BCUT2D eigenvalue weighted by molar-refractivity contribution is 9.10. The van der Waals surface area contributed by atoms with E-state index in [1.165, 1.54) is 16.5 Å². The molecule has 102 valence electrons. The van der Waals surface area contributed by atoms with Gasteiger partial charge >= 0.3 is 0 Å². The minimum absolute atomic E-state index is 0.0563. The molecule has 0 saturated heterocycles. The molecule has 1 aliphatic carbocycles. The summed E-state index contributed by atoms with van der Waals surface area (Å²) in [4.78, 5) is 0. The van der Waals surface area contributed by atoms with Crippen molar-refractivity contribution in [3.8, 4) is 0 Å². The van der Waals surface area contributed by atoms with Crippen LogP contribution in [0.4, 0.5) is 4.39 Å². The number of rotatable bonds is 2. The number of nitrogens with zero attached hydrogens (tertiary/aromatic N) is 1. The SMILES string of the molecule is CCn1c(Br)c(C2CCCCC2F)c2ccccc21. The van der Waals surface area contributed by atoms with E-state index in [0.717, 1.165) is 30.4 Å². The zero-order valence-corrected chi connectivity index (χ0v) is 12.8. The second-order valence-electron chi connectivity index (χ2n) is 5.37. The Morgan fingerprint density at radius 1 is 1.26 bits per heavy atom. The number of aryl methyl sites for hydroxylation is 1. The summed E-state index contributed by atoms with van der Waals surface area (Å²) in [6, 6.07) is 8.36. The number of hydrogen-bond acceptors (Lipinski definition) is 0. The van der Waals surface area contributed by atoms with E-state index in [2.05, 4.69) is 45.6 Å². The van der Waals surface area contributed by atoms with Crippen LogP contribution in [0.5, 0.6) is 0 Å². The van der Waals surface area contributed by atoms with E-state index in [9.17, 15) is 4.39 Å². The maximum absolute atomic E-state index is 14.3. The molecule has 2 atom stereocenters. The highest BCUT2D eigenvalue weighted by atomic mass is 79.9. The third-order valence-corrected chi connectivity index (χ3v) is 5.17. The van der Waals surface area contributed by atoms with Gasteiger partial charge in [0.05, 0.1) is 4.60 Å². The fraction of sp³-hybridized carbons (Fsp3) is 0.500. The van der Waals surface area contributed by atoms with E-state index in [1.807, 2.05) is 6.07 Å². The van der Waals surface area contributed by atoms with Gasteiger partial charge in [0.25, 0.3) is 0 Å². The van der Waals surface area contributed by atoms with E-state index < -0.39 is 6.17 Å². The molecule has 0 N–H and O–H groups in total. The van der Waals surface area contributed by atoms with Crippen LogP contribution < -0.4 is 0 Å². The summed E-state index contributed by atoms with van der Waals surface area (Å²) in [5, 5.41) is 1.21. The fourth-order valence-electron chi connectivity index (χ4n) is 3.37. The van der Waals surface area contributed by atoms with Gasteiger partial charge in [-0.1, -0.05) is 31.0 Å². The smallest absolute Gasteiger partial charge is 0.107 e. The predicted molar refractivity (Wildman–Crippen MR) is 81.4 cm³/mol. The Hall–Kier alpha value is -0.830. The van der Waals surface area contributed by atoms with Crippen LogP contribution in [0.25, 0.3) is 10.9 Å². The molecule has 0 radical (unpaired) electrons. The number of aromatic nitrogens is 1. The van der Waals surface area contributed by atoms with Crippen LogP contribution in [-0.4, -0.2) is 10.7 Å². The summed E-state index contributed by atoms with van der Waals surface area (Å²) < 4.78 is 17.6. The van der Waals surface area contributed by atoms with Gasteiger partial charge in [0.15, 0.2) is 0 Å². The molecule has 2 aromatic rings. The molecule has 3 rings (SSSR count). The molecule has 1 heterocycles. The van der Waals surface area contributed by atoms with Gasteiger partial charge in [-0.3, -0.25) is 0 Å². The van der Waals surface area contributed by atoms with Gasteiger partial charge in [0, 0.05) is 23.4 Å². The maximum atomic E-state index is 14.3. The molecule has 0 amide bonds. The maximum Gasteiger partial charge on any atom is 0.107 e. The first-order valence-electron chi connectivity index (χ1n) is 7.14. The fourth-order valence-corrected chi connectivity index (χ4v) is 4.32. The predicted octanol–water partition coefficient (Wildman–Crippen LogP) is 5.42. The van der Waals surface area contributed by atoms with Gasteiger partial charge in [-0.2, -0.15) is 0 Å². The molecule has 1 aliphatic rings. The molecule has 1 nitrogen and oxygen atoms in total. The topological polar surface area (TPSA) is 4.93 Å². The monoisotopic (exact) mass is 323 g/mol. The molecule has 0 bridgehead atoms. The number of benzene rings is 1. The first kappa shape index (κ1) is 13.2. The lowest BCUT2D eigenvalue weighted by atomic mass is 9.82. The lowest BCUT2D eigenvalue weighted by molar-refractivity contribution is 0.216. The molecule has 3 heteroatoms. The van der Waals surface area contributed by atoms with E-state index in [0.29, 0.717) is 6.42 Å². The van der Waals surface area contributed by atoms with E-state index in [4.69, 9.17) is 0 Å². The lowest BCUT2D eigenvalue weighted by Gasteiger charge is -2.26. The van der Waals surface area contributed by atoms with E-state index >= 15 is 0 Å². The molecule has 1 aromatic heterocycles. The van der Waals surface area contributed by atoms with E-state index in [-0.39, 0.29) is 5.92 Å². The molecule has 1 saturated carbocycles. The van der Waals surface area contributed by atoms with E-state index in [1.54, 1.807) is 0 Å². The van der Waals surface area contributed by atoms with Gasteiger partial charge < -0.3 is 4.57 Å². The van der Waals surface area contributed by atoms with Crippen molar-refractivity contribution in [2.75, 3.05) is 0 Å². The first-order chi connectivity index (χ1) is 9.24. The van der Waals surface area contributed by atoms with Crippen LogP contribution >= 0.6 is 15.9 Å². The van der Waals surface area contributed by atoms with Gasteiger partial charge in [0.2, 0.25) is 0 Å². The average Bonchev–Trinajstić information content (AvgIpc) is 2.71. The zero-order valence-electron chi connectivity index (χ0n) is 11.2. The molecule has 0 spiro atoms. The number of halogens is 2. The summed E-state index contributed by atoms with van der Waals surface area (Å²) in [5.74, 6) is 0.0563. The van der Waals surface area contributed by atoms with Crippen LogP contribution in [0.1, 0.15) is 44.1 Å². The first-order valence-corrected chi connectivity index (χ1v) is 7.94. The largest absolute Gasteiger partial charge is 0.335 e. The summed E-state index contributed by atoms with van der Waals surface area (Å²) >= 11 is 3.71. The molecule has 2 unspecified atom stereocenters.